The van der Waals surface area contributed by atoms with Crippen LogP contribution in [0.2, 0.25) is 0 Å². The summed E-state index contributed by atoms with van der Waals surface area (Å²) < 4.78 is 38.1. The highest BCUT2D eigenvalue weighted by Gasteiger charge is 2.29. The molecule has 3 rings (SSSR count). The number of benzene rings is 2. The summed E-state index contributed by atoms with van der Waals surface area (Å²) in [5.41, 5.74) is 1.80. The molecule has 0 atom stereocenters. The molecule has 0 fully saturated rings. The number of carbonyl (C=O) groups is 1. The molecule has 0 aliphatic carbocycles. The SMILES string of the molecule is O=C(Nc1cnn(CC(F)(F)F)c1)C(c1ccccc1)c1ccccc1. The lowest BCUT2D eigenvalue weighted by Crippen LogP contribution is -2.22. The molecule has 0 bridgehead atoms. The Hall–Kier alpha value is -3.09. The van der Waals surface area contributed by atoms with Gasteiger partial charge in [0.2, 0.25) is 5.91 Å². The minimum atomic E-state index is -4.37. The Balaban J connectivity index is 1.83. The summed E-state index contributed by atoms with van der Waals surface area (Å²) in [5, 5.41) is 6.30. The molecule has 0 saturated carbocycles. The summed E-state index contributed by atoms with van der Waals surface area (Å²) in [4.78, 5) is 12.8. The summed E-state index contributed by atoms with van der Waals surface area (Å²) in [6, 6.07) is 18.4. The van der Waals surface area contributed by atoms with Gasteiger partial charge in [0.15, 0.2) is 0 Å². The molecule has 3 aromatic rings. The van der Waals surface area contributed by atoms with Gasteiger partial charge in [0.1, 0.15) is 6.54 Å². The topological polar surface area (TPSA) is 46.9 Å². The Kier molecular flexibility index (Phi) is 5.06. The van der Waals surface area contributed by atoms with Crippen molar-refractivity contribution in [1.82, 2.24) is 9.78 Å². The number of amides is 1. The van der Waals surface area contributed by atoms with E-state index in [1.807, 2.05) is 60.7 Å². The van der Waals surface area contributed by atoms with Gasteiger partial charge in [-0.15, -0.1) is 0 Å². The van der Waals surface area contributed by atoms with Gasteiger partial charge in [-0.1, -0.05) is 60.7 Å². The summed E-state index contributed by atoms with van der Waals surface area (Å²) in [6.07, 6.45) is -2.00. The van der Waals surface area contributed by atoms with Crippen LogP contribution >= 0.6 is 0 Å². The predicted octanol–water partition coefficient (Wildman–Crippen LogP) is 4.22. The number of anilines is 1. The summed E-state index contributed by atoms with van der Waals surface area (Å²) in [7, 11) is 0. The number of carbonyl (C=O) groups excluding carboxylic acids is 1. The molecule has 4 nitrogen and oxygen atoms in total. The number of aromatic nitrogens is 2. The molecule has 0 unspecified atom stereocenters. The van der Waals surface area contributed by atoms with Crippen LogP contribution in [0.25, 0.3) is 0 Å². The van der Waals surface area contributed by atoms with Crippen LogP contribution in [-0.2, 0) is 11.3 Å². The van der Waals surface area contributed by atoms with Crippen LogP contribution in [0.4, 0.5) is 18.9 Å². The second-order valence-corrected chi connectivity index (χ2v) is 5.79. The van der Waals surface area contributed by atoms with Crippen molar-refractivity contribution in [2.24, 2.45) is 0 Å². The van der Waals surface area contributed by atoms with Crippen LogP contribution in [0.5, 0.6) is 0 Å². The molecule has 1 heterocycles. The number of rotatable bonds is 5. The van der Waals surface area contributed by atoms with Crippen molar-refractivity contribution in [2.45, 2.75) is 18.6 Å². The minimum Gasteiger partial charge on any atom is -0.323 e. The van der Waals surface area contributed by atoms with E-state index < -0.39 is 18.6 Å². The molecule has 1 aromatic heterocycles. The first kappa shape index (κ1) is 17.7. The minimum absolute atomic E-state index is 0.219. The monoisotopic (exact) mass is 359 g/mol. The number of hydrogen-bond acceptors (Lipinski definition) is 2. The third-order valence-corrected chi connectivity index (χ3v) is 3.77. The zero-order chi connectivity index (χ0) is 18.6. The van der Waals surface area contributed by atoms with Crippen LogP contribution in [0, 0.1) is 0 Å². The van der Waals surface area contributed by atoms with E-state index in [-0.39, 0.29) is 11.6 Å². The van der Waals surface area contributed by atoms with Gasteiger partial charge in [-0.3, -0.25) is 9.48 Å². The summed E-state index contributed by atoms with van der Waals surface area (Å²) >= 11 is 0. The van der Waals surface area contributed by atoms with E-state index in [0.29, 0.717) is 0 Å². The third-order valence-electron chi connectivity index (χ3n) is 3.77. The lowest BCUT2D eigenvalue weighted by molar-refractivity contribution is -0.142. The maximum atomic E-state index is 12.8. The highest BCUT2D eigenvalue weighted by molar-refractivity contribution is 5.98. The van der Waals surface area contributed by atoms with Crippen molar-refractivity contribution in [1.29, 1.82) is 0 Å². The van der Waals surface area contributed by atoms with E-state index >= 15 is 0 Å². The maximum absolute atomic E-state index is 12.8. The molecule has 2 aromatic carbocycles. The molecule has 0 aliphatic rings. The summed E-state index contributed by atoms with van der Waals surface area (Å²) in [5.74, 6) is -0.919. The Labute approximate surface area is 148 Å². The van der Waals surface area contributed by atoms with Crippen LogP contribution in [-0.4, -0.2) is 21.9 Å². The Morgan fingerprint density at radius 2 is 1.54 bits per heavy atom. The third kappa shape index (κ3) is 4.50. The second kappa shape index (κ2) is 7.43. The van der Waals surface area contributed by atoms with Gasteiger partial charge in [0.25, 0.3) is 0 Å². The fourth-order valence-corrected chi connectivity index (χ4v) is 2.70. The molecule has 134 valence electrons. The maximum Gasteiger partial charge on any atom is 0.408 e. The fourth-order valence-electron chi connectivity index (χ4n) is 2.70. The molecule has 7 heteroatoms. The van der Waals surface area contributed by atoms with E-state index in [1.54, 1.807) is 0 Å². The number of alkyl halides is 3. The van der Waals surface area contributed by atoms with Gasteiger partial charge in [-0.2, -0.15) is 18.3 Å². The zero-order valence-corrected chi connectivity index (χ0v) is 13.6. The molecule has 26 heavy (non-hydrogen) atoms. The smallest absolute Gasteiger partial charge is 0.323 e. The van der Waals surface area contributed by atoms with Gasteiger partial charge < -0.3 is 5.32 Å². The average Bonchev–Trinajstić information content (AvgIpc) is 3.02. The lowest BCUT2D eigenvalue weighted by atomic mass is 9.90. The number of nitrogens with zero attached hydrogens (tertiary/aromatic N) is 2. The highest BCUT2D eigenvalue weighted by Crippen LogP contribution is 2.26. The standard InChI is InChI=1S/C19H16F3N3O/c20-19(21,22)13-25-12-16(11-23-25)24-18(26)17(14-7-3-1-4-8-14)15-9-5-2-6-10-15/h1-12,17H,13H2,(H,24,26). The van der Waals surface area contributed by atoms with Gasteiger partial charge in [-0.25, -0.2) is 0 Å². The van der Waals surface area contributed by atoms with Gasteiger partial charge >= 0.3 is 6.18 Å². The van der Waals surface area contributed by atoms with E-state index in [1.165, 1.54) is 12.4 Å². The quantitative estimate of drug-likeness (QED) is 0.742. The van der Waals surface area contributed by atoms with Crippen LogP contribution in [0.15, 0.2) is 73.1 Å². The first-order valence-electron chi connectivity index (χ1n) is 7.92. The van der Waals surface area contributed by atoms with E-state index in [4.69, 9.17) is 0 Å². The molecule has 0 spiro atoms. The normalized spacial score (nSPS) is 11.5. The van der Waals surface area contributed by atoms with Crippen molar-refractivity contribution in [3.8, 4) is 0 Å². The zero-order valence-electron chi connectivity index (χ0n) is 13.6. The Morgan fingerprint density at radius 1 is 1.00 bits per heavy atom. The van der Waals surface area contributed by atoms with Crippen LogP contribution < -0.4 is 5.32 Å². The fraction of sp³-hybridized carbons (Fsp3) is 0.158. The van der Waals surface area contributed by atoms with Gasteiger partial charge in [-0.05, 0) is 11.1 Å². The predicted molar refractivity (Wildman–Crippen MR) is 91.6 cm³/mol. The van der Waals surface area contributed by atoms with E-state index in [9.17, 15) is 18.0 Å². The van der Waals surface area contributed by atoms with Crippen molar-refractivity contribution < 1.29 is 18.0 Å². The number of halogens is 3. The molecular weight excluding hydrogens is 343 g/mol. The van der Waals surface area contributed by atoms with Gasteiger partial charge in [0.05, 0.1) is 17.8 Å². The highest BCUT2D eigenvalue weighted by atomic mass is 19.4. The first-order chi connectivity index (χ1) is 12.4. The van der Waals surface area contributed by atoms with E-state index in [0.717, 1.165) is 15.8 Å². The van der Waals surface area contributed by atoms with Gasteiger partial charge in [0, 0.05) is 6.20 Å². The van der Waals surface area contributed by atoms with Crippen molar-refractivity contribution in [3.63, 3.8) is 0 Å². The van der Waals surface area contributed by atoms with Crippen LogP contribution in [0.1, 0.15) is 17.0 Å². The van der Waals surface area contributed by atoms with Crippen molar-refractivity contribution in [3.05, 3.63) is 84.2 Å². The number of nitrogens with one attached hydrogen (secondary N) is 1. The Bertz CT molecular complexity index is 821. The lowest BCUT2D eigenvalue weighted by Gasteiger charge is -2.17. The molecule has 1 amide bonds. The average molecular weight is 359 g/mol. The largest absolute Gasteiger partial charge is 0.408 e. The van der Waals surface area contributed by atoms with Crippen molar-refractivity contribution >= 4 is 11.6 Å². The number of hydrogen-bond donors (Lipinski definition) is 1. The molecule has 0 radical (unpaired) electrons. The molecular formula is C19H16F3N3O. The molecule has 1 N–H and O–H groups in total. The second-order valence-electron chi connectivity index (χ2n) is 5.79. The molecule has 0 aliphatic heterocycles. The van der Waals surface area contributed by atoms with E-state index in [2.05, 4.69) is 10.4 Å². The summed E-state index contributed by atoms with van der Waals surface area (Å²) in [6.45, 7) is -1.20. The Morgan fingerprint density at radius 3 is 2.04 bits per heavy atom. The molecule has 0 saturated heterocycles. The van der Waals surface area contributed by atoms with Crippen molar-refractivity contribution in [2.75, 3.05) is 5.32 Å². The van der Waals surface area contributed by atoms with Crippen LogP contribution in [0.3, 0.4) is 0 Å². The first-order valence-corrected chi connectivity index (χ1v) is 7.92.